The Labute approximate surface area is 190 Å². The SMILES string of the molecule is CCOC(=O)C(C(=O)OCC)N(c1ccccc1CC(=O)OC)c1c(Cl)cccc1Cl. The van der Waals surface area contributed by atoms with E-state index in [1.807, 2.05) is 0 Å². The molecule has 0 unspecified atom stereocenters. The van der Waals surface area contributed by atoms with Crippen LogP contribution in [0.2, 0.25) is 10.0 Å². The van der Waals surface area contributed by atoms with Gasteiger partial charge in [0, 0.05) is 5.69 Å². The van der Waals surface area contributed by atoms with Crippen LogP contribution in [0.1, 0.15) is 19.4 Å². The fourth-order valence-electron chi connectivity index (χ4n) is 2.98. The van der Waals surface area contributed by atoms with Gasteiger partial charge in [-0.3, -0.25) is 4.79 Å². The van der Waals surface area contributed by atoms with E-state index in [1.165, 1.54) is 12.0 Å². The highest BCUT2D eigenvalue weighted by Gasteiger charge is 2.39. The largest absolute Gasteiger partial charge is 0.469 e. The van der Waals surface area contributed by atoms with Crippen molar-refractivity contribution in [1.29, 1.82) is 0 Å². The average molecular weight is 468 g/mol. The first-order valence-corrected chi connectivity index (χ1v) is 10.3. The summed E-state index contributed by atoms with van der Waals surface area (Å²) in [6.45, 7) is 3.33. The first-order chi connectivity index (χ1) is 14.8. The van der Waals surface area contributed by atoms with Crippen LogP contribution < -0.4 is 4.90 Å². The number of esters is 3. The minimum absolute atomic E-state index is 0.0443. The van der Waals surface area contributed by atoms with E-state index in [0.717, 1.165) is 0 Å². The summed E-state index contributed by atoms with van der Waals surface area (Å²) in [7, 11) is 1.27. The lowest BCUT2D eigenvalue weighted by Crippen LogP contribution is -2.47. The molecular formula is C22H23Cl2NO6. The summed E-state index contributed by atoms with van der Waals surface area (Å²) in [5.74, 6) is -2.18. The molecule has 0 bridgehead atoms. The number of methoxy groups -OCH3 is 1. The molecule has 9 heteroatoms. The second-order valence-electron chi connectivity index (χ2n) is 6.23. The third-order valence-electron chi connectivity index (χ3n) is 4.27. The maximum Gasteiger partial charge on any atom is 0.340 e. The molecule has 7 nitrogen and oxygen atoms in total. The number of benzene rings is 2. The molecule has 2 aromatic rings. The van der Waals surface area contributed by atoms with E-state index in [-0.39, 0.29) is 35.4 Å². The molecule has 0 aliphatic rings. The topological polar surface area (TPSA) is 82.1 Å². The summed E-state index contributed by atoms with van der Waals surface area (Å²) < 4.78 is 15.1. The van der Waals surface area contributed by atoms with E-state index in [4.69, 9.17) is 37.4 Å². The normalized spacial score (nSPS) is 10.5. The van der Waals surface area contributed by atoms with E-state index in [0.29, 0.717) is 11.3 Å². The van der Waals surface area contributed by atoms with Crippen LogP contribution in [0, 0.1) is 0 Å². The van der Waals surface area contributed by atoms with Crippen LogP contribution in [0.3, 0.4) is 0 Å². The molecule has 2 aromatic carbocycles. The number of anilines is 2. The lowest BCUT2D eigenvalue weighted by atomic mass is 10.0. The van der Waals surface area contributed by atoms with Crippen molar-refractivity contribution >= 4 is 52.5 Å². The molecule has 0 heterocycles. The Morgan fingerprint density at radius 1 is 0.903 bits per heavy atom. The number of carbonyl (C=O) groups excluding carboxylic acids is 3. The number of nitrogens with zero attached hydrogens (tertiary/aromatic N) is 1. The van der Waals surface area contributed by atoms with Crippen molar-refractivity contribution in [3.63, 3.8) is 0 Å². The fourth-order valence-corrected chi connectivity index (χ4v) is 3.56. The van der Waals surface area contributed by atoms with Crippen molar-refractivity contribution in [3.8, 4) is 0 Å². The predicted octanol–water partition coefficient (Wildman–Crippen LogP) is 4.34. The highest BCUT2D eigenvalue weighted by atomic mass is 35.5. The molecule has 0 saturated carbocycles. The van der Waals surface area contributed by atoms with Gasteiger partial charge < -0.3 is 19.1 Å². The van der Waals surface area contributed by atoms with Crippen LogP contribution in [0.15, 0.2) is 42.5 Å². The quantitative estimate of drug-likeness (QED) is 0.308. The molecule has 0 aliphatic heterocycles. The van der Waals surface area contributed by atoms with E-state index in [2.05, 4.69) is 0 Å². The monoisotopic (exact) mass is 467 g/mol. The smallest absolute Gasteiger partial charge is 0.340 e. The van der Waals surface area contributed by atoms with Crippen molar-refractivity contribution < 1.29 is 28.6 Å². The Morgan fingerprint density at radius 3 is 1.97 bits per heavy atom. The Balaban J connectivity index is 2.79. The second-order valence-corrected chi connectivity index (χ2v) is 7.04. The summed E-state index contributed by atoms with van der Waals surface area (Å²) in [5.41, 5.74) is 1.05. The van der Waals surface area contributed by atoms with Crippen molar-refractivity contribution in [3.05, 3.63) is 58.1 Å². The lowest BCUT2D eigenvalue weighted by Gasteiger charge is -2.33. The number of ether oxygens (including phenoxy) is 3. The van der Waals surface area contributed by atoms with Crippen molar-refractivity contribution in [2.45, 2.75) is 26.3 Å². The highest BCUT2D eigenvalue weighted by Crippen LogP contribution is 2.41. The predicted molar refractivity (Wildman–Crippen MR) is 118 cm³/mol. The third-order valence-corrected chi connectivity index (χ3v) is 4.88. The summed E-state index contributed by atoms with van der Waals surface area (Å²) in [6, 6.07) is 9.98. The van der Waals surface area contributed by atoms with Gasteiger partial charge in [-0.2, -0.15) is 0 Å². The molecule has 0 amide bonds. The minimum atomic E-state index is -1.55. The standard InChI is InChI=1S/C22H23Cl2NO6/c1-4-30-21(27)20(22(28)31-5-2)25(19-15(23)10-8-11-16(19)24)17-12-7-6-9-14(17)13-18(26)29-3/h6-12,20H,4-5,13H2,1-3H3. The van der Waals surface area contributed by atoms with Gasteiger partial charge in [-0.25, -0.2) is 9.59 Å². The molecule has 2 rings (SSSR count). The van der Waals surface area contributed by atoms with Crippen LogP contribution in [0.4, 0.5) is 11.4 Å². The van der Waals surface area contributed by atoms with Crippen LogP contribution in [-0.4, -0.2) is 44.3 Å². The molecule has 0 atom stereocenters. The molecule has 0 radical (unpaired) electrons. The highest BCUT2D eigenvalue weighted by molar-refractivity contribution is 6.39. The second kappa shape index (κ2) is 11.6. The number of rotatable bonds is 9. The van der Waals surface area contributed by atoms with E-state index >= 15 is 0 Å². The van der Waals surface area contributed by atoms with E-state index in [1.54, 1.807) is 56.3 Å². The molecule has 0 fully saturated rings. The average Bonchev–Trinajstić information content (AvgIpc) is 2.73. The molecule has 0 aliphatic carbocycles. The number of carbonyl (C=O) groups is 3. The zero-order valence-electron chi connectivity index (χ0n) is 17.4. The molecule has 31 heavy (non-hydrogen) atoms. The number of para-hydroxylation sites is 2. The first kappa shape index (κ1) is 24.5. The van der Waals surface area contributed by atoms with Crippen LogP contribution in [0.5, 0.6) is 0 Å². The van der Waals surface area contributed by atoms with Gasteiger partial charge in [0.1, 0.15) is 0 Å². The van der Waals surface area contributed by atoms with Gasteiger partial charge >= 0.3 is 17.9 Å². The summed E-state index contributed by atoms with van der Waals surface area (Å²) in [6.07, 6.45) is -0.108. The van der Waals surface area contributed by atoms with Crippen LogP contribution >= 0.6 is 23.2 Å². The van der Waals surface area contributed by atoms with E-state index < -0.39 is 23.9 Å². The lowest BCUT2D eigenvalue weighted by molar-refractivity contribution is -0.156. The van der Waals surface area contributed by atoms with Gasteiger partial charge in [0.15, 0.2) is 0 Å². The zero-order valence-corrected chi connectivity index (χ0v) is 18.9. The summed E-state index contributed by atoms with van der Waals surface area (Å²) in [5, 5.41) is 0.387. The fraction of sp³-hybridized carbons (Fsp3) is 0.318. The molecule has 0 spiro atoms. The van der Waals surface area contributed by atoms with E-state index in [9.17, 15) is 14.4 Å². The maximum absolute atomic E-state index is 12.9. The number of halogens is 2. The minimum Gasteiger partial charge on any atom is -0.469 e. The van der Waals surface area contributed by atoms with Crippen molar-refractivity contribution in [1.82, 2.24) is 0 Å². The molecule has 0 aromatic heterocycles. The number of hydrogen-bond acceptors (Lipinski definition) is 7. The zero-order chi connectivity index (χ0) is 23.0. The molecular weight excluding hydrogens is 445 g/mol. The van der Waals surface area contributed by atoms with Crippen molar-refractivity contribution in [2.75, 3.05) is 25.2 Å². The summed E-state index contributed by atoms with van der Waals surface area (Å²) >= 11 is 12.9. The molecule has 166 valence electrons. The van der Waals surface area contributed by atoms with Crippen molar-refractivity contribution in [2.24, 2.45) is 0 Å². The van der Waals surface area contributed by atoms with Gasteiger partial charge in [0.05, 0.1) is 42.5 Å². The van der Waals surface area contributed by atoms with Gasteiger partial charge in [0.2, 0.25) is 6.04 Å². The third kappa shape index (κ3) is 5.89. The Morgan fingerprint density at radius 2 is 1.45 bits per heavy atom. The Hall–Kier alpha value is -2.77. The Kier molecular flexibility index (Phi) is 9.15. The maximum atomic E-state index is 12.9. The summed E-state index contributed by atoms with van der Waals surface area (Å²) in [4.78, 5) is 39.2. The first-order valence-electron chi connectivity index (χ1n) is 9.56. The van der Waals surface area contributed by atoms with Gasteiger partial charge in [-0.15, -0.1) is 0 Å². The van der Waals surface area contributed by atoms with Gasteiger partial charge in [-0.1, -0.05) is 47.5 Å². The Bertz CT molecular complexity index is 911. The molecule has 0 saturated heterocycles. The molecule has 0 N–H and O–H groups in total. The number of hydrogen-bond donors (Lipinski definition) is 0. The van der Waals surface area contributed by atoms with Gasteiger partial charge in [-0.05, 0) is 37.6 Å². The van der Waals surface area contributed by atoms with Crippen LogP contribution in [0.25, 0.3) is 0 Å². The van der Waals surface area contributed by atoms with Gasteiger partial charge in [0.25, 0.3) is 0 Å². The van der Waals surface area contributed by atoms with Crippen LogP contribution in [-0.2, 0) is 35.0 Å².